The van der Waals surface area contributed by atoms with Gasteiger partial charge in [0.1, 0.15) is 11.6 Å². The van der Waals surface area contributed by atoms with Gasteiger partial charge in [-0.1, -0.05) is 25.1 Å². The summed E-state index contributed by atoms with van der Waals surface area (Å²) < 4.78 is 5.71. The average Bonchev–Trinajstić information content (AvgIpc) is 2.56. The molecule has 0 aliphatic heterocycles. The molecule has 0 fully saturated rings. The van der Waals surface area contributed by atoms with Crippen LogP contribution in [0.5, 0.6) is 5.75 Å². The Labute approximate surface area is 142 Å². The predicted octanol–water partition coefficient (Wildman–Crippen LogP) is 3.62. The monoisotopic (exact) mass is 328 g/mol. The van der Waals surface area contributed by atoms with E-state index in [1.54, 1.807) is 6.20 Å². The zero-order chi connectivity index (χ0) is 17.2. The third-order valence-electron chi connectivity index (χ3n) is 3.59. The van der Waals surface area contributed by atoms with E-state index in [4.69, 9.17) is 9.84 Å². The Hall–Kier alpha value is -2.56. The molecule has 0 radical (unpaired) electrons. The second-order valence-electron chi connectivity index (χ2n) is 5.89. The van der Waals surface area contributed by atoms with Crippen molar-refractivity contribution < 1.29 is 14.6 Å². The number of nitrogens with zero attached hydrogens (tertiary/aromatic N) is 1. The van der Waals surface area contributed by atoms with E-state index in [1.165, 1.54) is 0 Å². The van der Waals surface area contributed by atoms with Crippen molar-refractivity contribution in [3.8, 4) is 5.75 Å². The molecule has 0 saturated heterocycles. The lowest BCUT2D eigenvalue weighted by molar-refractivity contribution is -0.137. The number of hydrogen-bond donors (Lipinski definition) is 2. The first-order valence-electron chi connectivity index (χ1n) is 8.22. The van der Waals surface area contributed by atoms with E-state index >= 15 is 0 Å². The topological polar surface area (TPSA) is 71.5 Å². The Balaban J connectivity index is 1.65. The van der Waals surface area contributed by atoms with Crippen LogP contribution in [0, 0.1) is 5.92 Å². The van der Waals surface area contributed by atoms with Gasteiger partial charge in [-0.3, -0.25) is 4.79 Å². The fourth-order valence-corrected chi connectivity index (χ4v) is 2.44. The van der Waals surface area contributed by atoms with Crippen molar-refractivity contribution in [2.24, 2.45) is 5.92 Å². The van der Waals surface area contributed by atoms with Gasteiger partial charge in [0.05, 0.1) is 6.61 Å². The molecule has 128 valence electrons. The zero-order valence-corrected chi connectivity index (χ0v) is 13.9. The maximum atomic E-state index is 10.7. The summed E-state index contributed by atoms with van der Waals surface area (Å²) in [5.41, 5.74) is 1.13. The first kappa shape index (κ1) is 17.8. The highest BCUT2D eigenvalue weighted by Gasteiger charge is 2.08. The molecule has 1 atom stereocenters. The van der Waals surface area contributed by atoms with Gasteiger partial charge in [-0.2, -0.15) is 0 Å². The fourth-order valence-electron chi connectivity index (χ4n) is 2.44. The third-order valence-corrected chi connectivity index (χ3v) is 3.59. The Morgan fingerprint density at radius 1 is 1.25 bits per heavy atom. The second kappa shape index (κ2) is 9.55. The summed E-state index contributed by atoms with van der Waals surface area (Å²) in [7, 11) is 0. The van der Waals surface area contributed by atoms with Gasteiger partial charge in [0.25, 0.3) is 0 Å². The van der Waals surface area contributed by atoms with Crippen molar-refractivity contribution in [2.75, 3.05) is 18.5 Å². The fraction of sp³-hybridized carbons (Fsp3) is 0.368. The second-order valence-corrected chi connectivity index (χ2v) is 5.89. The van der Waals surface area contributed by atoms with Crippen molar-refractivity contribution in [1.82, 2.24) is 4.98 Å². The van der Waals surface area contributed by atoms with E-state index in [0.29, 0.717) is 6.61 Å². The molecule has 1 heterocycles. The van der Waals surface area contributed by atoms with Gasteiger partial charge >= 0.3 is 5.97 Å². The summed E-state index contributed by atoms with van der Waals surface area (Å²) in [4.78, 5) is 14.9. The zero-order valence-electron chi connectivity index (χ0n) is 13.9. The maximum Gasteiger partial charge on any atom is 0.303 e. The molecule has 24 heavy (non-hydrogen) atoms. The number of aromatic nitrogens is 1. The minimum atomic E-state index is -0.748. The number of carbonyl (C=O) groups is 1. The molecule has 0 aliphatic carbocycles. The number of carboxylic acids is 1. The Morgan fingerprint density at radius 3 is 2.71 bits per heavy atom. The Bertz CT molecular complexity index is 614. The SMILES string of the molecule is CC(CC(=O)O)Cc1ccc(OCCCNc2ccccn2)cc1. The highest BCUT2D eigenvalue weighted by molar-refractivity contribution is 5.67. The smallest absolute Gasteiger partial charge is 0.303 e. The van der Waals surface area contributed by atoms with Crippen molar-refractivity contribution in [3.05, 3.63) is 54.2 Å². The number of ether oxygens (including phenoxy) is 1. The highest BCUT2D eigenvalue weighted by Crippen LogP contribution is 2.16. The van der Waals surface area contributed by atoms with Crippen molar-refractivity contribution >= 4 is 11.8 Å². The van der Waals surface area contributed by atoms with Crippen LogP contribution < -0.4 is 10.1 Å². The molecule has 0 saturated carbocycles. The van der Waals surface area contributed by atoms with Crippen LogP contribution in [0.3, 0.4) is 0 Å². The number of pyridine rings is 1. The van der Waals surface area contributed by atoms with Crippen molar-refractivity contribution in [2.45, 2.75) is 26.2 Å². The van der Waals surface area contributed by atoms with Crippen molar-refractivity contribution in [3.63, 3.8) is 0 Å². The molecule has 5 nitrogen and oxygen atoms in total. The Kier molecular flexibility index (Phi) is 7.08. The number of anilines is 1. The molecule has 0 amide bonds. The number of carboxylic acid groups (broad SMARTS) is 1. The number of nitrogens with one attached hydrogen (secondary N) is 1. The number of aliphatic carboxylic acids is 1. The molecule has 5 heteroatoms. The van der Waals surface area contributed by atoms with Crippen LogP contribution in [0.2, 0.25) is 0 Å². The van der Waals surface area contributed by atoms with Crippen LogP contribution in [0.25, 0.3) is 0 Å². The molecule has 2 rings (SSSR count). The molecule has 1 aromatic carbocycles. The van der Waals surface area contributed by atoms with Crippen LogP contribution in [-0.2, 0) is 11.2 Å². The van der Waals surface area contributed by atoms with Crippen LogP contribution >= 0.6 is 0 Å². The number of hydrogen-bond acceptors (Lipinski definition) is 4. The van der Waals surface area contributed by atoms with Crippen LogP contribution in [-0.4, -0.2) is 29.2 Å². The quantitative estimate of drug-likeness (QED) is 0.652. The average molecular weight is 328 g/mol. The lowest BCUT2D eigenvalue weighted by Crippen LogP contribution is -2.08. The molecular formula is C19H24N2O3. The molecule has 1 aromatic heterocycles. The van der Waals surface area contributed by atoms with Crippen LogP contribution in [0.1, 0.15) is 25.3 Å². The molecule has 2 aromatic rings. The van der Waals surface area contributed by atoms with Crippen LogP contribution in [0.4, 0.5) is 5.82 Å². The molecule has 2 N–H and O–H groups in total. The molecule has 0 bridgehead atoms. The molecule has 0 spiro atoms. The van der Waals surface area contributed by atoms with E-state index in [2.05, 4.69) is 10.3 Å². The molecular weight excluding hydrogens is 304 g/mol. The summed E-state index contributed by atoms with van der Waals surface area (Å²) >= 11 is 0. The Morgan fingerprint density at radius 2 is 2.04 bits per heavy atom. The minimum absolute atomic E-state index is 0.131. The standard InChI is InChI=1S/C19H24N2O3/c1-15(14-19(22)23)13-16-6-8-17(9-7-16)24-12-4-11-21-18-5-2-3-10-20-18/h2-3,5-10,15H,4,11-14H2,1H3,(H,20,21)(H,22,23). The van der Waals surface area contributed by atoms with E-state index in [9.17, 15) is 4.79 Å². The summed E-state index contributed by atoms with van der Waals surface area (Å²) in [5, 5.41) is 12.0. The predicted molar refractivity (Wildman–Crippen MR) is 94.4 cm³/mol. The molecule has 0 aliphatic rings. The van der Waals surface area contributed by atoms with E-state index < -0.39 is 5.97 Å². The van der Waals surface area contributed by atoms with Gasteiger partial charge in [0.15, 0.2) is 0 Å². The van der Waals surface area contributed by atoms with Gasteiger partial charge in [-0.05, 0) is 48.6 Å². The lowest BCUT2D eigenvalue weighted by Gasteiger charge is -2.10. The summed E-state index contributed by atoms with van der Waals surface area (Å²) in [5.74, 6) is 1.09. The summed E-state index contributed by atoms with van der Waals surface area (Å²) in [6.07, 6.45) is 3.60. The highest BCUT2D eigenvalue weighted by atomic mass is 16.5. The first-order chi connectivity index (χ1) is 11.6. The number of rotatable bonds is 10. The largest absolute Gasteiger partial charge is 0.494 e. The summed E-state index contributed by atoms with van der Waals surface area (Å²) in [6, 6.07) is 13.7. The van der Waals surface area contributed by atoms with Crippen molar-refractivity contribution in [1.29, 1.82) is 0 Å². The normalized spacial score (nSPS) is 11.7. The third kappa shape index (κ3) is 6.69. The van der Waals surface area contributed by atoms with Gasteiger partial charge in [0, 0.05) is 19.2 Å². The van der Waals surface area contributed by atoms with Gasteiger partial charge in [0.2, 0.25) is 0 Å². The summed E-state index contributed by atoms with van der Waals surface area (Å²) in [6.45, 7) is 3.39. The van der Waals surface area contributed by atoms with Gasteiger partial charge in [-0.25, -0.2) is 4.98 Å². The van der Waals surface area contributed by atoms with E-state index in [0.717, 1.165) is 36.5 Å². The van der Waals surface area contributed by atoms with E-state index in [1.807, 2.05) is 49.4 Å². The minimum Gasteiger partial charge on any atom is -0.494 e. The molecule has 1 unspecified atom stereocenters. The number of benzene rings is 1. The maximum absolute atomic E-state index is 10.7. The van der Waals surface area contributed by atoms with Gasteiger partial charge < -0.3 is 15.2 Å². The van der Waals surface area contributed by atoms with Gasteiger partial charge in [-0.15, -0.1) is 0 Å². The van der Waals surface area contributed by atoms with E-state index in [-0.39, 0.29) is 12.3 Å². The van der Waals surface area contributed by atoms with Crippen LogP contribution in [0.15, 0.2) is 48.7 Å². The first-order valence-corrected chi connectivity index (χ1v) is 8.22. The lowest BCUT2D eigenvalue weighted by atomic mass is 9.98.